The van der Waals surface area contributed by atoms with Crippen molar-refractivity contribution in [2.75, 3.05) is 0 Å². The number of hydrogen-bond acceptors (Lipinski definition) is 3. The summed E-state index contributed by atoms with van der Waals surface area (Å²) in [5.74, 6) is 0. The SMILES string of the molecule is CCCc1nc[nH]c1Cc1csc2c(c1=O)c1ccccc1n2C. The number of fused-ring (bicyclic) bond motifs is 3. The summed E-state index contributed by atoms with van der Waals surface area (Å²) in [4.78, 5) is 21.7. The number of nitrogens with zero attached hydrogens (tertiary/aromatic N) is 2. The molecule has 4 aromatic rings. The predicted octanol–water partition coefficient (Wildman–Crippen LogP) is 4.02. The number of imidazole rings is 1. The van der Waals surface area contributed by atoms with Gasteiger partial charge in [-0.05, 0) is 12.5 Å². The normalized spacial score (nSPS) is 11.6. The Morgan fingerprint density at radius 3 is 2.96 bits per heavy atom. The van der Waals surface area contributed by atoms with Gasteiger partial charge in [-0.15, -0.1) is 11.3 Å². The summed E-state index contributed by atoms with van der Waals surface area (Å²) in [5, 5.41) is 3.88. The Morgan fingerprint density at radius 2 is 2.12 bits per heavy atom. The molecular formula is C19H19N3OS. The lowest BCUT2D eigenvalue weighted by molar-refractivity contribution is 0.872. The summed E-state index contributed by atoms with van der Waals surface area (Å²) in [6.45, 7) is 2.14. The first-order valence-corrected chi connectivity index (χ1v) is 9.07. The lowest BCUT2D eigenvalue weighted by Gasteiger charge is -2.03. The van der Waals surface area contributed by atoms with E-state index in [0.29, 0.717) is 6.42 Å². The lowest BCUT2D eigenvalue weighted by Crippen LogP contribution is -2.09. The molecule has 0 atom stereocenters. The van der Waals surface area contributed by atoms with Gasteiger partial charge in [0.15, 0.2) is 5.43 Å². The predicted molar refractivity (Wildman–Crippen MR) is 100.0 cm³/mol. The summed E-state index contributed by atoms with van der Waals surface area (Å²) < 4.78 is 2.11. The van der Waals surface area contributed by atoms with Crippen LogP contribution in [-0.4, -0.2) is 14.5 Å². The average Bonchev–Trinajstić information content (AvgIpc) is 3.14. The number of para-hydroxylation sites is 1. The van der Waals surface area contributed by atoms with Gasteiger partial charge in [-0.3, -0.25) is 4.79 Å². The number of hydrogen-bond donors (Lipinski definition) is 1. The van der Waals surface area contributed by atoms with Crippen LogP contribution in [0.3, 0.4) is 0 Å². The van der Waals surface area contributed by atoms with Gasteiger partial charge in [0, 0.05) is 41.0 Å². The highest BCUT2D eigenvalue weighted by atomic mass is 32.1. The van der Waals surface area contributed by atoms with E-state index >= 15 is 0 Å². The fraction of sp³-hybridized carbons (Fsp3) is 0.263. The van der Waals surface area contributed by atoms with Crippen LogP contribution in [0.2, 0.25) is 0 Å². The van der Waals surface area contributed by atoms with Gasteiger partial charge in [-0.25, -0.2) is 4.98 Å². The van der Waals surface area contributed by atoms with Crippen LogP contribution in [0.25, 0.3) is 21.1 Å². The van der Waals surface area contributed by atoms with Crippen molar-refractivity contribution in [3.8, 4) is 0 Å². The van der Waals surface area contributed by atoms with E-state index in [1.165, 1.54) is 0 Å². The largest absolute Gasteiger partial charge is 0.348 e. The topological polar surface area (TPSA) is 50.7 Å². The van der Waals surface area contributed by atoms with Crippen molar-refractivity contribution in [2.45, 2.75) is 26.2 Å². The van der Waals surface area contributed by atoms with Gasteiger partial charge in [-0.1, -0.05) is 31.5 Å². The fourth-order valence-electron chi connectivity index (χ4n) is 3.34. The Hall–Kier alpha value is -2.40. The number of nitrogens with one attached hydrogen (secondary N) is 1. The van der Waals surface area contributed by atoms with Crippen LogP contribution < -0.4 is 5.43 Å². The molecule has 0 aliphatic rings. The molecule has 0 aliphatic carbocycles. The molecule has 0 saturated carbocycles. The van der Waals surface area contributed by atoms with E-state index in [1.54, 1.807) is 17.7 Å². The van der Waals surface area contributed by atoms with Crippen molar-refractivity contribution in [1.82, 2.24) is 14.5 Å². The second kappa shape index (κ2) is 5.91. The Balaban J connectivity index is 1.88. The maximum atomic E-state index is 13.1. The molecule has 0 aliphatic heterocycles. The van der Waals surface area contributed by atoms with E-state index in [1.807, 2.05) is 30.6 Å². The molecule has 4 nitrogen and oxygen atoms in total. The summed E-state index contributed by atoms with van der Waals surface area (Å²) in [6, 6.07) is 8.11. The third-order valence-electron chi connectivity index (χ3n) is 4.55. The maximum Gasteiger partial charge on any atom is 0.193 e. The van der Waals surface area contributed by atoms with Gasteiger partial charge >= 0.3 is 0 Å². The van der Waals surface area contributed by atoms with Crippen molar-refractivity contribution in [1.29, 1.82) is 0 Å². The minimum Gasteiger partial charge on any atom is -0.348 e. The molecule has 0 spiro atoms. The van der Waals surface area contributed by atoms with E-state index in [4.69, 9.17) is 0 Å². The monoisotopic (exact) mass is 337 g/mol. The molecule has 0 bridgehead atoms. The van der Waals surface area contributed by atoms with Gasteiger partial charge in [0.1, 0.15) is 4.83 Å². The molecule has 122 valence electrons. The Kier molecular flexibility index (Phi) is 3.73. The number of aryl methyl sites for hydroxylation is 2. The number of H-pyrrole nitrogens is 1. The quantitative estimate of drug-likeness (QED) is 0.611. The third-order valence-corrected chi connectivity index (χ3v) is 5.65. The molecule has 0 amide bonds. The summed E-state index contributed by atoms with van der Waals surface area (Å²) >= 11 is 1.64. The van der Waals surface area contributed by atoms with Gasteiger partial charge in [-0.2, -0.15) is 0 Å². The number of benzene rings is 1. The first-order chi connectivity index (χ1) is 11.7. The second-order valence-electron chi connectivity index (χ2n) is 6.10. The molecule has 0 saturated heterocycles. The van der Waals surface area contributed by atoms with Crippen molar-refractivity contribution in [3.63, 3.8) is 0 Å². The lowest BCUT2D eigenvalue weighted by atomic mass is 10.1. The number of aromatic amines is 1. The van der Waals surface area contributed by atoms with Gasteiger partial charge in [0.2, 0.25) is 0 Å². The standard InChI is InChI=1S/C19H19N3OS/c1-3-6-14-15(21-11-20-14)9-12-10-24-19-17(18(12)23)13-7-4-5-8-16(13)22(19)2/h4-5,7-8,10-11H,3,6,9H2,1-2H3,(H,20,21). The minimum atomic E-state index is 0.137. The molecule has 3 aromatic heterocycles. The summed E-state index contributed by atoms with van der Waals surface area (Å²) in [7, 11) is 2.02. The van der Waals surface area contributed by atoms with Gasteiger partial charge in [0.25, 0.3) is 0 Å². The van der Waals surface area contributed by atoms with E-state index in [9.17, 15) is 4.79 Å². The number of rotatable bonds is 4. The van der Waals surface area contributed by atoms with E-state index in [-0.39, 0.29) is 5.43 Å². The Labute approximate surface area is 143 Å². The average molecular weight is 337 g/mol. The fourth-order valence-corrected chi connectivity index (χ4v) is 4.36. The Bertz CT molecular complexity index is 1090. The van der Waals surface area contributed by atoms with Gasteiger partial charge < -0.3 is 9.55 Å². The van der Waals surface area contributed by atoms with Crippen LogP contribution in [0.4, 0.5) is 0 Å². The first kappa shape index (κ1) is 15.1. The van der Waals surface area contributed by atoms with Crippen LogP contribution in [-0.2, 0) is 19.9 Å². The zero-order chi connectivity index (χ0) is 16.7. The molecule has 1 N–H and O–H groups in total. The molecule has 3 heterocycles. The van der Waals surface area contributed by atoms with Crippen LogP contribution >= 0.6 is 11.3 Å². The van der Waals surface area contributed by atoms with E-state index < -0.39 is 0 Å². The highest BCUT2D eigenvalue weighted by Gasteiger charge is 2.15. The second-order valence-corrected chi connectivity index (χ2v) is 6.96. The minimum absolute atomic E-state index is 0.137. The third kappa shape index (κ3) is 2.27. The molecule has 0 radical (unpaired) electrons. The highest BCUT2D eigenvalue weighted by Crippen LogP contribution is 2.29. The molecular weight excluding hydrogens is 318 g/mol. The van der Waals surface area contributed by atoms with Crippen molar-refractivity contribution >= 4 is 32.5 Å². The number of aromatic nitrogens is 3. The molecule has 4 rings (SSSR count). The molecule has 5 heteroatoms. The van der Waals surface area contributed by atoms with Gasteiger partial charge in [0.05, 0.1) is 17.4 Å². The van der Waals surface area contributed by atoms with E-state index in [0.717, 1.165) is 50.9 Å². The molecule has 1 aromatic carbocycles. The van der Waals surface area contributed by atoms with Crippen molar-refractivity contribution < 1.29 is 0 Å². The van der Waals surface area contributed by atoms with Crippen LogP contribution in [0.5, 0.6) is 0 Å². The van der Waals surface area contributed by atoms with E-state index in [2.05, 4.69) is 27.5 Å². The smallest absolute Gasteiger partial charge is 0.193 e. The van der Waals surface area contributed by atoms with Crippen molar-refractivity contribution in [2.24, 2.45) is 7.05 Å². The van der Waals surface area contributed by atoms with Crippen molar-refractivity contribution in [3.05, 3.63) is 63.1 Å². The maximum absolute atomic E-state index is 13.1. The molecule has 0 unspecified atom stereocenters. The zero-order valence-electron chi connectivity index (χ0n) is 13.8. The first-order valence-electron chi connectivity index (χ1n) is 8.19. The Morgan fingerprint density at radius 1 is 1.29 bits per heavy atom. The van der Waals surface area contributed by atoms with Crippen LogP contribution in [0.15, 0.2) is 40.8 Å². The van der Waals surface area contributed by atoms with Crippen LogP contribution in [0.1, 0.15) is 30.3 Å². The molecule has 0 fully saturated rings. The summed E-state index contributed by atoms with van der Waals surface area (Å²) in [6.07, 6.45) is 4.33. The highest BCUT2D eigenvalue weighted by molar-refractivity contribution is 7.16. The molecule has 24 heavy (non-hydrogen) atoms. The summed E-state index contributed by atoms with van der Waals surface area (Å²) in [5.41, 5.74) is 4.20. The van der Waals surface area contributed by atoms with Crippen LogP contribution in [0, 0.1) is 0 Å². The zero-order valence-corrected chi connectivity index (χ0v) is 14.6.